The van der Waals surface area contributed by atoms with Crippen LogP contribution < -0.4 is 5.56 Å². The number of oxime groups is 1. The highest BCUT2D eigenvalue weighted by molar-refractivity contribution is 5.84. The van der Waals surface area contributed by atoms with Crippen LogP contribution in [0.5, 0.6) is 0 Å². The van der Waals surface area contributed by atoms with Gasteiger partial charge in [-0.05, 0) is 5.56 Å². The molecule has 2 aromatic rings. The molecule has 3 rings (SSSR count). The quantitative estimate of drug-likeness (QED) is 0.744. The van der Waals surface area contributed by atoms with E-state index in [0.29, 0.717) is 24.4 Å². The van der Waals surface area contributed by atoms with Crippen molar-refractivity contribution < 1.29 is 4.84 Å². The van der Waals surface area contributed by atoms with E-state index in [1.54, 1.807) is 6.20 Å². The van der Waals surface area contributed by atoms with Gasteiger partial charge in [0.25, 0.3) is 5.56 Å². The van der Waals surface area contributed by atoms with Gasteiger partial charge in [0.05, 0.1) is 5.56 Å². The van der Waals surface area contributed by atoms with Gasteiger partial charge in [-0.25, -0.2) is 4.68 Å². The van der Waals surface area contributed by atoms with Crippen molar-refractivity contribution in [2.24, 2.45) is 5.16 Å². The number of nitrogens with zero attached hydrogens (tertiary/aromatic N) is 4. The first kappa shape index (κ1) is 10.6. The van der Waals surface area contributed by atoms with E-state index in [9.17, 15) is 4.79 Å². The van der Waals surface area contributed by atoms with Crippen LogP contribution in [0.4, 0.5) is 0 Å². The Morgan fingerprint density at radius 2 is 2.06 bits per heavy atom. The third-order valence-electron chi connectivity index (χ3n) is 2.65. The summed E-state index contributed by atoms with van der Waals surface area (Å²) in [5.74, 6) is 0.652. The normalized spacial score (nSPS) is 14.1. The van der Waals surface area contributed by atoms with Crippen LogP contribution in [0.15, 0.2) is 46.5 Å². The second-order valence-corrected chi connectivity index (χ2v) is 3.84. The summed E-state index contributed by atoms with van der Waals surface area (Å²) in [5, 5.41) is 11.3. The van der Waals surface area contributed by atoms with Crippen molar-refractivity contribution in [1.29, 1.82) is 0 Å². The van der Waals surface area contributed by atoms with E-state index < -0.39 is 0 Å². The van der Waals surface area contributed by atoms with Crippen molar-refractivity contribution in [2.75, 3.05) is 6.61 Å². The maximum Gasteiger partial charge on any atom is 0.299 e. The van der Waals surface area contributed by atoms with Crippen LogP contribution in [-0.2, 0) is 4.84 Å². The molecule has 0 N–H and O–H groups in total. The molecule has 1 aliphatic heterocycles. The average Bonchev–Trinajstić information content (AvgIpc) is 2.94. The van der Waals surface area contributed by atoms with Gasteiger partial charge in [-0.3, -0.25) is 4.79 Å². The van der Waals surface area contributed by atoms with Crippen LogP contribution in [0.25, 0.3) is 11.1 Å². The molecule has 0 saturated heterocycles. The second kappa shape index (κ2) is 4.40. The number of hydrogen-bond donors (Lipinski definition) is 0. The first-order valence-corrected chi connectivity index (χ1v) is 5.56. The standard InChI is InChI=1S/C12H10N4O2/c17-12-10(9-4-2-1-3-5-9)8-16(15-13-12)11-6-7-18-14-11/h1-5,8H,6-7H2. The van der Waals surface area contributed by atoms with Gasteiger partial charge >= 0.3 is 0 Å². The summed E-state index contributed by atoms with van der Waals surface area (Å²) in [6, 6.07) is 9.35. The van der Waals surface area contributed by atoms with E-state index in [0.717, 1.165) is 5.56 Å². The third kappa shape index (κ3) is 1.88. The molecule has 1 aliphatic rings. The minimum absolute atomic E-state index is 0.350. The number of rotatable bonds is 1. The lowest BCUT2D eigenvalue weighted by Crippen LogP contribution is -2.22. The molecule has 0 bridgehead atoms. The summed E-state index contributed by atoms with van der Waals surface area (Å²) < 4.78 is 1.48. The fourth-order valence-electron chi connectivity index (χ4n) is 1.75. The molecule has 6 heteroatoms. The Hall–Kier alpha value is -2.50. The van der Waals surface area contributed by atoms with Crippen molar-refractivity contribution in [3.8, 4) is 11.1 Å². The van der Waals surface area contributed by atoms with Crippen LogP contribution >= 0.6 is 0 Å². The van der Waals surface area contributed by atoms with Crippen molar-refractivity contribution >= 4 is 5.84 Å². The van der Waals surface area contributed by atoms with Crippen LogP contribution in [0.3, 0.4) is 0 Å². The van der Waals surface area contributed by atoms with Gasteiger partial charge < -0.3 is 4.84 Å². The first-order valence-electron chi connectivity index (χ1n) is 5.56. The third-order valence-corrected chi connectivity index (χ3v) is 2.65. The zero-order chi connectivity index (χ0) is 12.4. The molecule has 0 amide bonds. The summed E-state index contributed by atoms with van der Waals surface area (Å²) >= 11 is 0. The summed E-state index contributed by atoms with van der Waals surface area (Å²) in [4.78, 5) is 16.6. The lowest BCUT2D eigenvalue weighted by Gasteiger charge is -2.04. The molecule has 0 atom stereocenters. The minimum atomic E-state index is -0.350. The Kier molecular flexibility index (Phi) is 2.60. The van der Waals surface area contributed by atoms with E-state index in [2.05, 4.69) is 15.5 Å². The van der Waals surface area contributed by atoms with Gasteiger partial charge in [0.2, 0.25) is 0 Å². The van der Waals surface area contributed by atoms with E-state index in [4.69, 9.17) is 4.84 Å². The van der Waals surface area contributed by atoms with Gasteiger partial charge in [-0.2, -0.15) is 0 Å². The highest BCUT2D eigenvalue weighted by Gasteiger charge is 2.13. The number of aromatic nitrogens is 3. The molecule has 0 saturated carbocycles. The SMILES string of the molecule is O=c1nnn(C2=NOCC2)cc1-c1ccccc1. The van der Waals surface area contributed by atoms with Crippen molar-refractivity contribution in [1.82, 2.24) is 15.0 Å². The van der Waals surface area contributed by atoms with Crippen molar-refractivity contribution in [3.05, 3.63) is 46.9 Å². The summed E-state index contributed by atoms with van der Waals surface area (Å²) in [5.41, 5.74) is 0.961. The molecule has 0 radical (unpaired) electrons. The predicted molar refractivity (Wildman–Crippen MR) is 65.1 cm³/mol. The monoisotopic (exact) mass is 242 g/mol. The molecular weight excluding hydrogens is 232 g/mol. The van der Waals surface area contributed by atoms with Crippen LogP contribution in [0.2, 0.25) is 0 Å². The Balaban J connectivity index is 2.09. The first-order chi connectivity index (χ1) is 8.84. The molecule has 0 fully saturated rings. The largest absolute Gasteiger partial charge is 0.394 e. The molecule has 0 aliphatic carbocycles. The molecule has 18 heavy (non-hydrogen) atoms. The molecular formula is C12H10N4O2. The second-order valence-electron chi connectivity index (χ2n) is 3.84. The molecule has 1 aromatic heterocycles. The molecule has 6 nitrogen and oxygen atoms in total. The predicted octanol–water partition coefficient (Wildman–Crippen LogP) is 0.887. The topological polar surface area (TPSA) is 69.4 Å². The van der Waals surface area contributed by atoms with Crippen molar-refractivity contribution in [2.45, 2.75) is 6.42 Å². The fraction of sp³-hybridized carbons (Fsp3) is 0.167. The van der Waals surface area contributed by atoms with Gasteiger partial charge in [-0.15, -0.1) is 0 Å². The summed E-state index contributed by atoms with van der Waals surface area (Å²) in [6.07, 6.45) is 2.30. The zero-order valence-corrected chi connectivity index (χ0v) is 9.48. The van der Waals surface area contributed by atoms with E-state index in [1.165, 1.54) is 4.68 Å². The molecule has 90 valence electrons. The lowest BCUT2D eigenvalue weighted by atomic mass is 10.1. The zero-order valence-electron chi connectivity index (χ0n) is 9.48. The molecule has 2 heterocycles. The maximum absolute atomic E-state index is 11.7. The van der Waals surface area contributed by atoms with Crippen LogP contribution in [-0.4, -0.2) is 27.4 Å². The fourth-order valence-corrected chi connectivity index (χ4v) is 1.75. The van der Waals surface area contributed by atoms with Gasteiger partial charge in [0.1, 0.15) is 6.61 Å². The Bertz CT molecular complexity index is 649. The van der Waals surface area contributed by atoms with E-state index in [1.807, 2.05) is 30.3 Å². The van der Waals surface area contributed by atoms with Crippen LogP contribution in [0, 0.1) is 0 Å². The van der Waals surface area contributed by atoms with Gasteiger partial charge in [0, 0.05) is 12.6 Å². The van der Waals surface area contributed by atoms with E-state index >= 15 is 0 Å². The lowest BCUT2D eigenvalue weighted by molar-refractivity contribution is 0.173. The minimum Gasteiger partial charge on any atom is -0.394 e. The van der Waals surface area contributed by atoms with Crippen molar-refractivity contribution in [3.63, 3.8) is 0 Å². The van der Waals surface area contributed by atoms with Gasteiger partial charge in [-0.1, -0.05) is 45.8 Å². The summed E-state index contributed by atoms with van der Waals surface area (Å²) in [7, 11) is 0. The highest BCUT2D eigenvalue weighted by atomic mass is 16.6. The van der Waals surface area contributed by atoms with Gasteiger partial charge in [0.15, 0.2) is 5.84 Å². The van der Waals surface area contributed by atoms with Crippen LogP contribution in [0.1, 0.15) is 6.42 Å². The number of benzene rings is 1. The molecule has 0 spiro atoms. The Morgan fingerprint density at radius 1 is 1.22 bits per heavy atom. The number of hydrogen-bond acceptors (Lipinski definition) is 5. The van der Waals surface area contributed by atoms with E-state index in [-0.39, 0.29) is 5.56 Å². The molecule has 1 aromatic carbocycles. The molecule has 0 unspecified atom stereocenters. The smallest absolute Gasteiger partial charge is 0.299 e. The summed E-state index contributed by atoms with van der Waals surface area (Å²) in [6.45, 7) is 0.532. The average molecular weight is 242 g/mol. The Morgan fingerprint density at radius 3 is 2.78 bits per heavy atom. The Labute approximate surface area is 103 Å². The highest BCUT2D eigenvalue weighted by Crippen LogP contribution is 2.13. The maximum atomic E-state index is 11.7.